The molecule has 1 aliphatic heterocycles. The number of carbonyl (C=O) groups excluding carboxylic acids is 1. The molecule has 3 aromatic carbocycles. The number of amides is 1. The molecule has 4 aromatic rings. The fraction of sp³-hybridized carbons (Fsp3) is 0.276. The number of carboxylic acids is 1. The smallest absolute Gasteiger partial charge is 0.414 e. The monoisotopic (exact) mass is 499 g/mol. The lowest BCUT2D eigenvalue weighted by molar-refractivity contribution is -0.138. The van der Waals surface area contributed by atoms with Crippen LogP contribution in [-0.2, 0) is 22.4 Å². The third-order valence-electron chi connectivity index (χ3n) is 7.08. The Labute approximate surface area is 215 Å². The van der Waals surface area contributed by atoms with Gasteiger partial charge in [0.15, 0.2) is 0 Å². The molecule has 1 unspecified atom stereocenters. The number of hydrogen-bond acceptors (Lipinski definition) is 5. The summed E-state index contributed by atoms with van der Waals surface area (Å²) in [6.45, 7) is 2.00. The number of carbonyl (C=O) groups is 2. The average Bonchev–Trinajstić information content (AvgIpc) is 3.30. The molecule has 8 heteroatoms. The van der Waals surface area contributed by atoms with Gasteiger partial charge in [-0.15, -0.1) is 0 Å². The van der Waals surface area contributed by atoms with Crippen molar-refractivity contribution in [1.82, 2.24) is 9.55 Å². The third kappa shape index (κ3) is 4.39. The maximum absolute atomic E-state index is 12.6. The van der Waals surface area contributed by atoms with Crippen LogP contribution in [0.3, 0.4) is 0 Å². The highest BCUT2D eigenvalue weighted by molar-refractivity contribution is 5.96. The Hall–Kier alpha value is -4.33. The van der Waals surface area contributed by atoms with E-state index >= 15 is 0 Å². The van der Waals surface area contributed by atoms with Crippen molar-refractivity contribution in [3.63, 3.8) is 0 Å². The van der Waals surface area contributed by atoms with Gasteiger partial charge >= 0.3 is 12.1 Å². The van der Waals surface area contributed by atoms with Gasteiger partial charge in [0.2, 0.25) is 0 Å². The predicted molar refractivity (Wildman–Crippen MR) is 141 cm³/mol. The number of imidazole rings is 1. The Balaban J connectivity index is 1.70. The van der Waals surface area contributed by atoms with E-state index in [-0.39, 0.29) is 12.5 Å². The molecule has 190 valence electrons. The zero-order chi connectivity index (χ0) is 26.1. The number of anilines is 1. The van der Waals surface area contributed by atoms with E-state index in [0.717, 1.165) is 52.1 Å². The lowest BCUT2D eigenvalue weighted by Gasteiger charge is -2.34. The van der Waals surface area contributed by atoms with Crippen LogP contribution in [0.1, 0.15) is 36.2 Å². The van der Waals surface area contributed by atoms with Gasteiger partial charge in [-0.2, -0.15) is 0 Å². The standard InChI is InChI=1S/C29H29N3O5/c1-18-9-14-22-24(31(18)29(35)37-3)15-16-25-27(22)30-26(32(25)20-10-12-21(36-2)13-11-20)17-23(28(33)34)19-7-5-4-6-8-19/h4-8,10-13,15-16,18,23H,9,14,17H2,1-3H3,(H,33,34)/t18-,23?/m0/s1. The van der Waals surface area contributed by atoms with E-state index in [4.69, 9.17) is 14.5 Å². The Bertz CT molecular complexity index is 1450. The SMILES string of the molecule is COC(=O)N1c2ccc3c(nc(CC(C(=O)O)c4ccccc4)n3-c3ccc(OC)cc3)c2CC[C@@H]1C. The van der Waals surface area contributed by atoms with Crippen LogP contribution in [-0.4, -0.2) is 47.0 Å². The molecule has 1 aliphatic rings. The molecule has 0 radical (unpaired) electrons. The quantitative estimate of drug-likeness (QED) is 0.384. The minimum Gasteiger partial charge on any atom is -0.497 e. The van der Waals surface area contributed by atoms with Gasteiger partial charge in [-0.05, 0) is 61.7 Å². The van der Waals surface area contributed by atoms with Crippen molar-refractivity contribution >= 4 is 28.8 Å². The summed E-state index contributed by atoms with van der Waals surface area (Å²) >= 11 is 0. The summed E-state index contributed by atoms with van der Waals surface area (Å²) in [6, 6.07) is 20.7. The zero-order valence-corrected chi connectivity index (χ0v) is 21.0. The van der Waals surface area contributed by atoms with E-state index in [1.807, 2.05) is 78.2 Å². The first kappa shape index (κ1) is 24.4. The van der Waals surface area contributed by atoms with Crippen molar-refractivity contribution in [2.24, 2.45) is 0 Å². The van der Waals surface area contributed by atoms with Crippen LogP contribution in [0.2, 0.25) is 0 Å². The van der Waals surface area contributed by atoms with Crippen LogP contribution < -0.4 is 9.64 Å². The summed E-state index contributed by atoms with van der Waals surface area (Å²) in [7, 11) is 3.00. The number of ether oxygens (including phenoxy) is 2. The molecule has 0 saturated carbocycles. The van der Waals surface area contributed by atoms with Crippen molar-refractivity contribution in [2.75, 3.05) is 19.1 Å². The second-order valence-electron chi connectivity index (χ2n) is 9.23. The molecule has 0 fully saturated rings. The van der Waals surface area contributed by atoms with Crippen LogP contribution >= 0.6 is 0 Å². The molecule has 37 heavy (non-hydrogen) atoms. The molecule has 2 atom stereocenters. The van der Waals surface area contributed by atoms with Gasteiger partial charge in [0.25, 0.3) is 0 Å². The van der Waals surface area contributed by atoms with Crippen molar-refractivity contribution in [1.29, 1.82) is 0 Å². The van der Waals surface area contributed by atoms with Crippen LogP contribution in [0, 0.1) is 0 Å². The zero-order valence-electron chi connectivity index (χ0n) is 21.0. The lowest BCUT2D eigenvalue weighted by atomic mass is 9.95. The highest BCUT2D eigenvalue weighted by atomic mass is 16.5. The highest BCUT2D eigenvalue weighted by Gasteiger charge is 2.32. The largest absolute Gasteiger partial charge is 0.497 e. The number of hydrogen-bond donors (Lipinski definition) is 1. The molecule has 0 bridgehead atoms. The number of carboxylic acid groups (broad SMARTS) is 1. The Kier molecular flexibility index (Phi) is 6.56. The minimum absolute atomic E-state index is 0.00462. The van der Waals surface area contributed by atoms with Crippen LogP contribution in [0.5, 0.6) is 5.75 Å². The van der Waals surface area contributed by atoms with E-state index in [2.05, 4.69) is 0 Å². The second kappa shape index (κ2) is 9.97. The molecule has 0 aliphatic carbocycles. The van der Waals surface area contributed by atoms with Crippen LogP contribution in [0.4, 0.5) is 10.5 Å². The molecule has 1 amide bonds. The van der Waals surface area contributed by atoms with Crippen molar-refractivity contribution in [3.8, 4) is 11.4 Å². The minimum atomic E-state index is -0.910. The summed E-state index contributed by atoms with van der Waals surface area (Å²) < 4.78 is 12.4. The first-order valence-electron chi connectivity index (χ1n) is 12.3. The van der Waals surface area contributed by atoms with Crippen molar-refractivity contribution < 1.29 is 24.2 Å². The number of nitrogens with zero attached hydrogens (tertiary/aromatic N) is 3. The number of aliphatic carboxylic acids is 1. The van der Waals surface area contributed by atoms with Crippen molar-refractivity contribution in [2.45, 2.75) is 38.1 Å². The molecule has 1 N–H and O–H groups in total. The number of benzene rings is 3. The molecular formula is C29H29N3O5. The van der Waals surface area contributed by atoms with E-state index in [9.17, 15) is 14.7 Å². The maximum Gasteiger partial charge on any atom is 0.414 e. The topological polar surface area (TPSA) is 93.9 Å². The molecular weight excluding hydrogens is 470 g/mol. The number of methoxy groups -OCH3 is 2. The maximum atomic E-state index is 12.6. The van der Waals surface area contributed by atoms with Gasteiger partial charge in [0, 0.05) is 23.7 Å². The van der Waals surface area contributed by atoms with Crippen molar-refractivity contribution in [3.05, 3.63) is 83.7 Å². The van der Waals surface area contributed by atoms with E-state index in [1.165, 1.54) is 7.11 Å². The summed E-state index contributed by atoms with van der Waals surface area (Å²) in [5.41, 5.74) is 4.93. The summed E-state index contributed by atoms with van der Waals surface area (Å²) in [5, 5.41) is 10.1. The molecule has 0 spiro atoms. The fourth-order valence-electron chi connectivity index (χ4n) is 5.18. The predicted octanol–water partition coefficient (Wildman–Crippen LogP) is 5.35. The number of fused-ring (bicyclic) bond motifs is 3. The highest BCUT2D eigenvalue weighted by Crippen LogP contribution is 2.38. The van der Waals surface area contributed by atoms with E-state index < -0.39 is 18.0 Å². The molecule has 5 rings (SSSR count). The summed E-state index contributed by atoms with van der Waals surface area (Å²) in [5.74, 6) is -0.319. The number of aromatic nitrogens is 2. The Morgan fingerprint density at radius 1 is 1.05 bits per heavy atom. The van der Waals surface area contributed by atoms with Gasteiger partial charge in [-0.3, -0.25) is 14.3 Å². The first-order valence-corrected chi connectivity index (χ1v) is 12.3. The van der Waals surface area contributed by atoms with Gasteiger partial charge in [-0.25, -0.2) is 9.78 Å². The summed E-state index contributed by atoms with van der Waals surface area (Å²) in [6.07, 6.45) is 1.32. The van der Waals surface area contributed by atoms with Crippen LogP contribution in [0.25, 0.3) is 16.7 Å². The third-order valence-corrected chi connectivity index (χ3v) is 7.08. The Morgan fingerprint density at radius 2 is 1.78 bits per heavy atom. The molecule has 8 nitrogen and oxygen atoms in total. The number of rotatable bonds is 6. The summed E-state index contributed by atoms with van der Waals surface area (Å²) in [4.78, 5) is 31.7. The molecule has 0 saturated heterocycles. The van der Waals surface area contributed by atoms with Gasteiger partial charge in [0.05, 0.1) is 36.9 Å². The van der Waals surface area contributed by atoms with E-state index in [1.54, 1.807) is 12.0 Å². The first-order chi connectivity index (χ1) is 17.9. The second-order valence-corrected chi connectivity index (χ2v) is 9.23. The fourth-order valence-corrected chi connectivity index (χ4v) is 5.18. The van der Waals surface area contributed by atoms with E-state index in [0.29, 0.717) is 5.82 Å². The number of aryl methyl sites for hydroxylation is 1. The van der Waals surface area contributed by atoms with Crippen LogP contribution in [0.15, 0.2) is 66.7 Å². The average molecular weight is 500 g/mol. The molecule has 1 aromatic heterocycles. The normalized spacial score (nSPS) is 15.8. The van der Waals surface area contributed by atoms with Gasteiger partial charge in [0.1, 0.15) is 11.6 Å². The lowest BCUT2D eigenvalue weighted by Crippen LogP contribution is -2.42. The van der Waals surface area contributed by atoms with Gasteiger partial charge in [-0.1, -0.05) is 30.3 Å². The molecule has 2 heterocycles. The van der Waals surface area contributed by atoms with Gasteiger partial charge < -0.3 is 14.6 Å². The Morgan fingerprint density at radius 3 is 2.43 bits per heavy atom.